The second-order valence-corrected chi connectivity index (χ2v) is 6.67. The lowest BCUT2D eigenvalue weighted by Crippen LogP contribution is -2.45. The van der Waals surface area contributed by atoms with Crippen LogP contribution < -0.4 is 9.47 Å². The molecule has 126 valence electrons. The van der Waals surface area contributed by atoms with Gasteiger partial charge in [-0.2, -0.15) is 0 Å². The molecule has 0 N–H and O–H groups in total. The maximum absolute atomic E-state index is 5.47. The van der Waals surface area contributed by atoms with Crippen molar-refractivity contribution in [1.82, 2.24) is 9.80 Å². The highest BCUT2D eigenvalue weighted by atomic mass is 16.7. The van der Waals surface area contributed by atoms with Crippen LogP contribution in [0.4, 0.5) is 0 Å². The van der Waals surface area contributed by atoms with Gasteiger partial charge in [0.25, 0.3) is 0 Å². The molecule has 0 aromatic heterocycles. The van der Waals surface area contributed by atoms with Crippen LogP contribution in [0.2, 0.25) is 0 Å². The zero-order valence-corrected chi connectivity index (χ0v) is 14.2. The Morgan fingerprint density at radius 1 is 0.833 bits per heavy atom. The highest BCUT2D eigenvalue weighted by Crippen LogP contribution is 2.32. The number of benzene rings is 2. The number of hydrogen-bond acceptors (Lipinski definition) is 4. The second-order valence-electron chi connectivity index (χ2n) is 6.67. The van der Waals surface area contributed by atoms with Crippen LogP contribution >= 0.6 is 0 Å². The molecule has 0 saturated carbocycles. The van der Waals surface area contributed by atoms with Crippen molar-refractivity contribution in [3.05, 3.63) is 59.2 Å². The van der Waals surface area contributed by atoms with Gasteiger partial charge in [0.1, 0.15) is 0 Å². The van der Waals surface area contributed by atoms with E-state index in [2.05, 4.69) is 53.1 Å². The molecule has 0 aliphatic carbocycles. The largest absolute Gasteiger partial charge is 0.454 e. The lowest BCUT2D eigenvalue weighted by atomic mass is 10.1. The molecule has 0 unspecified atom stereocenters. The number of ether oxygens (including phenoxy) is 2. The number of aryl methyl sites for hydroxylation is 1. The lowest BCUT2D eigenvalue weighted by Gasteiger charge is -2.35. The van der Waals surface area contributed by atoms with Crippen molar-refractivity contribution in [2.45, 2.75) is 20.0 Å². The van der Waals surface area contributed by atoms with E-state index in [1.165, 1.54) is 16.7 Å². The Balaban J connectivity index is 1.31. The van der Waals surface area contributed by atoms with Crippen molar-refractivity contribution in [2.75, 3.05) is 33.0 Å². The average molecular weight is 324 g/mol. The smallest absolute Gasteiger partial charge is 0.231 e. The maximum atomic E-state index is 5.47. The van der Waals surface area contributed by atoms with Crippen LogP contribution in [0.3, 0.4) is 0 Å². The van der Waals surface area contributed by atoms with E-state index >= 15 is 0 Å². The number of rotatable bonds is 4. The molecule has 0 radical (unpaired) electrons. The van der Waals surface area contributed by atoms with Crippen molar-refractivity contribution in [3.8, 4) is 11.5 Å². The Hall–Kier alpha value is -2.04. The van der Waals surface area contributed by atoms with Crippen molar-refractivity contribution >= 4 is 0 Å². The summed E-state index contributed by atoms with van der Waals surface area (Å²) in [6, 6.07) is 15.0. The third-order valence-corrected chi connectivity index (χ3v) is 4.96. The minimum Gasteiger partial charge on any atom is -0.454 e. The molecule has 2 aliphatic rings. The fourth-order valence-corrected chi connectivity index (χ4v) is 3.43. The van der Waals surface area contributed by atoms with Crippen molar-refractivity contribution in [1.29, 1.82) is 0 Å². The normalized spacial score (nSPS) is 18.0. The average Bonchev–Trinajstić information content (AvgIpc) is 3.06. The highest BCUT2D eigenvalue weighted by Gasteiger charge is 2.19. The number of hydrogen-bond donors (Lipinski definition) is 0. The van der Waals surface area contributed by atoms with Gasteiger partial charge in [0.15, 0.2) is 11.5 Å². The van der Waals surface area contributed by atoms with E-state index < -0.39 is 0 Å². The van der Waals surface area contributed by atoms with E-state index in [0.717, 1.165) is 50.8 Å². The lowest BCUT2D eigenvalue weighted by molar-refractivity contribution is 0.122. The van der Waals surface area contributed by atoms with Crippen LogP contribution in [-0.2, 0) is 13.1 Å². The third-order valence-electron chi connectivity index (χ3n) is 4.96. The summed E-state index contributed by atoms with van der Waals surface area (Å²) in [5.74, 6) is 1.74. The molecule has 2 heterocycles. The molecule has 2 aliphatic heterocycles. The Kier molecular flexibility index (Phi) is 4.41. The standard InChI is InChI=1S/C20H24N2O2/c1-16-4-2-3-5-18(16)14-22-10-8-21(9-11-22)13-17-6-7-19-20(12-17)24-15-23-19/h2-7,12H,8-11,13-15H2,1H3. The molecular formula is C20H24N2O2. The van der Waals surface area contributed by atoms with E-state index in [1.807, 2.05) is 6.07 Å². The van der Waals surface area contributed by atoms with Gasteiger partial charge >= 0.3 is 0 Å². The summed E-state index contributed by atoms with van der Waals surface area (Å²) in [6.45, 7) is 9.05. The minimum absolute atomic E-state index is 0.344. The summed E-state index contributed by atoms with van der Waals surface area (Å²) in [5, 5.41) is 0. The van der Waals surface area contributed by atoms with E-state index in [9.17, 15) is 0 Å². The maximum Gasteiger partial charge on any atom is 0.231 e. The van der Waals surface area contributed by atoms with Gasteiger partial charge in [0.05, 0.1) is 0 Å². The monoisotopic (exact) mass is 324 g/mol. The molecule has 0 bridgehead atoms. The molecule has 0 amide bonds. The van der Waals surface area contributed by atoms with Crippen molar-refractivity contribution in [3.63, 3.8) is 0 Å². The van der Waals surface area contributed by atoms with Gasteiger partial charge in [-0.3, -0.25) is 9.80 Å². The van der Waals surface area contributed by atoms with Crippen LogP contribution in [0.5, 0.6) is 11.5 Å². The van der Waals surface area contributed by atoms with Gasteiger partial charge in [0.2, 0.25) is 6.79 Å². The van der Waals surface area contributed by atoms with Crippen LogP contribution in [0, 0.1) is 6.92 Å². The fraction of sp³-hybridized carbons (Fsp3) is 0.400. The van der Waals surface area contributed by atoms with Crippen LogP contribution in [0.1, 0.15) is 16.7 Å². The predicted molar refractivity (Wildman–Crippen MR) is 94.3 cm³/mol. The quantitative estimate of drug-likeness (QED) is 0.863. The number of nitrogens with zero attached hydrogens (tertiary/aromatic N) is 2. The first-order valence-electron chi connectivity index (χ1n) is 8.66. The molecule has 0 atom stereocenters. The molecular weight excluding hydrogens is 300 g/mol. The molecule has 4 rings (SSSR count). The second kappa shape index (κ2) is 6.83. The Morgan fingerprint density at radius 2 is 1.54 bits per heavy atom. The summed E-state index contributed by atoms with van der Waals surface area (Å²) in [4.78, 5) is 5.07. The van der Waals surface area contributed by atoms with Gasteiger partial charge in [-0.25, -0.2) is 0 Å². The van der Waals surface area contributed by atoms with Gasteiger partial charge < -0.3 is 9.47 Å². The van der Waals surface area contributed by atoms with E-state index in [0.29, 0.717) is 6.79 Å². The van der Waals surface area contributed by atoms with Crippen molar-refractivity contribution in [2.24, 2.45) is 0 Å². The zero-order valence-electron chi connectivity index (χ0n) is 14.2. The Bertz CT molecular complexity index is 709. The number of piperazine rings is 1. The molecule has 2 aromatic rings. The molecule has 0 spiro atoms. The first-order valence-corrected chi connectivity index (χ1v) is 8.66. The predicted octanol–water partition coefficient (Wildman–Crippen LogP) is 3.04. The van der Waals surface area contributed by atoms with E-state index in [4.69, 9.17) is 9.47 Å². The SMILES string of the molecule is Cc1ccccc1CN1CCN(Cc2ccc3c(c2)OCO3)CC1. The Morgan fingerprint density at radius 3 is 2.33 bits per heavy atom. The molecule has 24 heavy (non-hydrogen) atoms. The van der Waals surface area contributed by atoms with Gasteiger partial charge in [-0.15, -0.1) is 0 Å². The summed E-state index contributed by atoms with van der Waals surface area (Å²) in [6.07, 6.45) is 0. The highest BCUT2D eigenvalue weighted by molar-refractivity contribution is 5.44. The minimum atomic E-state index is 0.344. The zero-order chi connectivity index (χ0) is 16.4. The first kappa shape index (κ1) is 15.5. The molecule has 4 heteroatoms. The molecule has 1 fully saturated rings. The molecule has 2 aromatic carbocycles. The van der Waals surface area contributed by atoms with Crippen LogP contribution in [0.25, 0.3) is 0 Å². The van der Waals surface area contributed by atoms with Gasteiger partial charge in [0, 0.05) is 39.3 Å². The summed E-state index contributed by atoms with van der Waals surface area (Å²) in [5.41, 5.74) is 4.13. The van der Waals surface area contributed by atoms with E-state index in [1.54, 1.807) is 0 Å². The molecule has 1 saturated heterocycles. The third kappa shape index (κ3) is 3.40. The van der Waals surface area contributed by atoms with Crippen LogP contribution in [-0.4, -0.2) is 42.8 Å². The fourth-order valence-electron chi connectivity index (χ4n) is 3.43. The molecule has 4 nitrogen and oxygen atoms in total. The topological polar surface area (TPSA) is 24.9 Å². The van der Waals surface area contributed by atoms with Crippen molar-refractivity contribution < 1.29 is 9.47 Å². The summed E-state index contributed by atoms with van der Waals surface area (Å²) < 4.78 is 10.9. The summed E-state index contributed by atoms with van der Waals surface area (Å²) in [7, 11) is 0. The summed E-state index contributed by atoms with van der Waals surface area (Å²) >= 11 is 0. The number of fused-ring (bicyclic) bond motifs is 1. The van der Waals surface area contributed by atoms with Crippen LogP contribution in [0.15, 0.2) is 42.5 Å². The first-order chi connectivity index (χ1) is 11.8. The van der Waals surface area contributed by atoms with E-state index in [-0.39, 0.29) is 0 Å². The van der Waals surface area contributed by atoms with Gasteiger partial charge in [-0.1, -0.05) is 30.3 Å². The van der Waals surface area contributed by atoms with Gasteiger partial charge in [-0.05, 0) is 35.7 Å². The Labute approximate surface area is 143 Å².